The third-order valence-electron chi connectivity index (χ3n) is 2.63. The number of nitrogens with one attached hydrogen (secondary N) is 2. The number of hydrogen-bond acceptors (Lipinski definition) is 6. The lowest BCUT2D eigenvalue weighted by atomic mass is 10.3. The summed E-state index contributed by atoms with van der Waals surface area (Å²) in [5, 5.41) is 16.3. The summed E-state index contributed by atoms with van der Waals surface area (Å²) in [6, 6.07) is 2.73. The van der Waals surface area contributed by atoms with Crippen LogP contribution in [0.4, 0.5) is 17.3 Å². The van der Waals surface area contributed by atoms with Crippen LogP contribution in [0, 0.1) is 10.1 Å². The SMILES string of the molecule is CNc1cc([N+](=O)[O-])cc(N2CCNC(=O)C2)n1. The molecule has 2 heterocycles. The fourth-order valence-electron chi connectivity index (χ4n) is 1.73. The Kier molecular flexibility index (Phi) is 3.26. The van der Waals surface area contributed by atoms with E-state index in [1.165, 1.54) is 12.1 Å². The van der Waals surface area contributed by atoms with Gasteiger partial charge in [-0.2, -0.15) is 0 Å². The van der Waals surface area contributed by atoms with E-state index in [0.717, 1.165) is 0 Å². The first-order chi connectivity index (χ1) is 8.60. The fraction of sp³-hybridized carbons (Fsp3) is 0.400. The van der Waals surface area contributed by atoms with Crippen LogP contribution in [-0.4, -0.2) is 42.5 Å². The van der Waals surface area contributed by atoms with E-state index in [1.54, 1.807) is 11.9 Å². The zero-order chi connectivity index (χ0) is 13.1. The summed E-state index contributed by atoms with van der Waals surface area (Å²) >= 11 is 0. The predicted molar refractivity (Wildman–Crippen MR) is 65.7 cm³/mol. The Morgan fingerprint density at radius 1 is 1.56 bits per heavy atom. The molecule has 0 aromatic carbocycles. The smallest absolute Gasteiger partial charge is 0.276 e. The van der Waals surface area contributed by atoms with Crippen molar-refractivity contribution in [3.63, 3.8) is 0 Å². The van der Waals surface area contributed by atoms with Gasteiger partial charge in [0.05, 0.1) is 23.6 Å². The summed E-state index contributed by atoms with van der Waals surface area (Å²) in [4.78, 5) is 27.6. The Morgan fingerprint density at radius 3 is 2.94 bits per heavy atom. The van der Waals surface area contributed by atoms with Gasteiger partial charge in [0.25, 0.3) is 5.69 Å². The van der Waals surface area contributed by atoms with Gasteiger partial charge in [-0.25, -0.2) is 4.98 Å². The standard InChI is InChI=1S/C10H13N5O3/c1-11-8-4-7(15(17)18)5-9(13-8)14-3-2-12-10(16)6-14/h4-5H,2-3,6H2,1H3,(H,11,13)(H,12,16). The van der Waals surface area contributed by atoms with Gasteiger partial charge in [0.15, 0.2) is 0 Å². The number of carbonyl (C=O) groups excluding carboxylic acids is 1. The second-order valence-electron chi connectivity index (χ2n) is 3.85. The van der Waals surface area contributed by atoms with Crippen molar-refractivity contribution in [3.05, 3.63) is 22.2 Å². The van der Waals surface area contributed by atoms with E-state index >= 15 is 0 Å². The molecule has 8 heteroatoms. The molecule has 1 aliphatic heterocycles. The first kappa shape index (κ1) is 12.1. The molecule has 1 amide bonds. The Labute approximate surface area is 103 Å². The molecule has 18 heavy (non-hydrogen) atoms. The predicted octanol–water partition coefficient (Wildman–Crippen LogP) is -0.0323. The minimum Gasteiger partial charge on any atom is -0.373 e. The van der Waals surface area contributed by atoms with Gasteiger partial charge in [-0.05, 0) is 0 Å². The molecule has 0 atom stereocenters. The number of carbonyl (C=O) groups is 1. The molecule has 1 aromatic rings. The van der Waals surface area contributed by atoms with Crippen LogP contribution < -0.4 is 15.5 Å². The number of anilines is 2. The summed E-state index contributed by atoms with van der Waals surface area (Å²) in [5.74, 6) is 0.731. The highest BCUT2D eigenvalue weighted by molar-refractivity contribution is 5.82. The molecule has 8 nitrogen and oxygen atoms in total. The Hall–Kier alpha value is -2.38. The topological polar surface area (TPSA) is 100 Å². The minimum atomic E-state index is -0.476. The first-order valence-corrected chi connectivity index (χ1v) is 5.46. The normalized spacial score (nSPS) is 15.2. The Balaban J connectivity index is 2.33. The van der Waals surface area contributed by atoms with Crippen molar-refractivity contribution < 1.29 is 9.72 Å². The summed E-state index contributed by atoms with van der Waals surface area (Å²) in [6.45, 7) is 1.26. The molecule has 2 N–H and O–H groups in total. The second kappa shape index (κ2) is 4.86. The van der Waals surface area contributed by atoms with Crippen LogP contribution in [-0.2, 0) is 4.79 Å². The molecule has 0 bridgehead atoms. The van der Waals surface area contributed by atoms with Gasteiger partial charge >= 0.3 is 0 Å². The number of aromatic nitrogens is 1. The van der Waals surface area contributed by atoms with Crippen molar-refractivity contribution in [2.45, 2.75) is 0 Å². The highest BCUT2D eigenvalue weighted by atomic mass is 16.6. The van der Waals surface area contributed by atoms with E-state index < -0.39 is 4.92 Å². The monoisotopic (exact) mass is 251 g/mol. The minimum absolute atomic E-state index is 0.0460. The molecule has 2 rings (SSSR count). The first-order valence-electron chi connectivity index (χ1n) is 5.46. The number of amides is 1. The lowest BCUT2D eigenvalue weighted by molar-refractivity contribution is -0.384. The molecule has 0 spiro atoms. The van der Waals surface area contributed by atoms with Crippen molar-refractivity contribution in [2.75, 3.05) is 36.9 Å². The van der Waals surface area contributed by atoms with Gasteiger partial charge in [-0.1, -0.05) is 0 Å². The molecule has 1 aromatic heterocycles. The maximum absolute atomic E-state index is 11.3. The zero-order valence-corrected chi connectivity index (χ0v) is 9.84. The van der Waals surface area contributed by atoms with Crippen molar-refractivity contribution in [1.82, 2.24) is 10.3 Å². The van der Waals surface area contributed by atoms with Gasteiger partial charge in [0.2, 0.25) is 5.91 Å². The van der Waals surface area contributed by atoms with E-state index in [-0.39, 0.29) is 18.1 Å². The van der Waals surface area contributed by atoms with Crippen LogP contribution in [0.3, 0.4) is 0 Å². The Morgan fingerprint density at radius 2 is 2.33 bits per heavy atom. The highest BCUT2D eigenvalue weighted by Crippen LogP contribution is 2.23. The number of nitrogens with zero attached hydrogens (tertiary/aromatic N) is 3. The molecule has 1 aliphatic rings. The number of piperazine rings is 1. The average molecular weight is 251 g/mol. The van der Waals surface area contributed by atoms with Crippen LogP contribution >= 0.6 is 0 Å². The lowest BCUT2D eigenvalue weighted by Crippen LogP contribution is -2.48. The molecule has 0 saturated carbocycles. The van der Waals surface area contributed by atoms with Gasteiger partial charge in [-0.15, -0.1) is 0 Å². The molecule has 0 aliphatic carbocycles. The van der Waals surface area contributed by atoms with Crippen molar-refractivity contribution in [1.29, 1.82) is 0 Å². The van der Waals surface area contributed by atoms with Gasteiger partial charge in [0, 0.05) is 20.1 Å². The van der Waals surface area contributed by atoms with Gasteiger partial charge in [0.1, 0.15) is 11.6 Å². The van der Waals surface area contributed by atoms with Crippen molar-refractivity contribution in [2.24, 2.45) is 0 Å². The van der Waals surface area contributed by atoms with Gasteiger partial charge < -0.3 is 15.5 Å². The van der Waals surface area contributed by atoms with Crippen molar-refractivity contribution in [3.8, 4) is 0 Å². The van der Waals surface area contributed by atoms with E-state index in [9.17, 15) is 14.9 Å². The second-order valence-corrected chi connectivity index (χ2v) is 3.85. The zero-order valence-electron chi connectivity index (χ0n) is 9.84. The van der Waals surface area contributed by atoms with Crippen LogP contribution in [0.1, 0.15) is 0 Å². The van der Waals surface area contributed by atoms with E-state index in [2.05, 4.69) is 15.6 Å². The summed E-state index contributed by atoms with van der Waals surface area (Å²) in [6.07, 6.45) is 0. The molecule has 0 radical (unpaired) electrons. The largest absolute Gasteiger partial charge is 0.373 e. The molecular formula is C10H13N5O3. The van der Waals surface area contributed by atoms with Gasteiger partial charge in [-0.3, -0.25) is 14.9 Å². The van der Waals surface area contributed by atoms with Crippen LogP contribution in [0.25, 0.3) is 0 Å². The summed E-state index contributed by atoms with van der Waals surface area (Å²) in [5.41, 5.74) is -0.0460. The Bertz CT molecular complexity index is 490. The van der Waals surface area contributed by atoms with Crippen LogP contribution in [0.5, 0.6) is 0 Å². The van der Waals surface area contributed by atoms with Crippen LogP contribution in [0.15, 0.2) is 12.1 Å². The number of nitro groups is 1. The van der Waals surface area contributed by atoms with E-state index in [0.29, 0.717) is 24.7 Å². The fourth-order valence-corrected chi connectivity index (χ4v) is 1.73. The maximum atomic E-state index is 11.3. The third kappa shape index (κ3) is 2.47. The maximum Gasteiger partial charge on any atom is 0.276 e. The summed E-state index contributed by atoms with van der Waals surface area (Å²) in [7, 11) is 1.64. The number of hydrogen-bond donors (Lipinski definition) is 2. The van der Waals surface area contributed by atoms with E-state index in [1.807, 2.05) is 0 Å². The molecule has 0 unspecified atom stereocenters. The number of rotatable bonds is 3. The van der Waals surface area contributed by atoms with E-state index in [4.69, 9.17) is 0 Å². The third-order valence-corrected chi connectivity index (χ3v) is 2.63. The van der Waals surface area contributed by atoms with Crippen molar-refractivity contribution >= 4 is 23.2 Å². The average Bonchev–Trinajstić information content (AvgIpc) is 2.38. The van der Waals surface area contributed by atoms with Crippen LogP contribution in [0.2, 0.25) is 0 Å². The molecular weight excluding hydrogens is 238 g/mol. The summed E-state index contributed by atoms with van der Waals surface area (Å²) < 4.78 is 0. The molecule has 96 valence electrons. The highest BCUT2D eigenvalue weighted by Gasteiger charge is 2.20. The number of pyridine rings is 1. The molecule has 1 fully saturated rings. The molecule has 1 saturated heterocycles. The quantitative estimate of drug-likeness (QED) is 0.578. The lowest BCUT2D eigenvalue weighted by Gasteiger charge is -2.27.